The van der Waals surface area contributed by atoms with Crippen molar-refractivity contribution in [3.63, 3.8) is 0 Å². The quantitative estimate of drug-likeness (QED) is 0.919. The third-order valence-electron chi connectivity index (χ3n) is 3.76. The van der Waals surface area contributed by atoms with Crippen molar-refractivity contribution in [3.8, 4) is 0 Å². The van der Waals surface area contributed by atoms with Gasteiger partial charge < -0.3 is 5.73 Å². The molecule has 4 nitrogen and oxygen atoms in total. The number of aromatic nitrogens is 2. The molecule has 1 aromatic heterocycles. The highest BCUT2D eigenvalue weighted by Gasteiger charge is 2.22. The molecule has 0 bridgehead atoms. The maximum atomic E-state index is 5.96. The van der Waals surface area contributed by atoms with E-state index >= 15 is 0 Å². The molecule has 1 atom stereocenters. The number of aryl methyl sites for hydroxylation is 1. The molecule has 2 N–H and O–H groups in total. The predicted molar refractivity (Wildman–Crippen MR) is 79.8 cm³/mol. The van der Waals surface area contributed by atoms with Crippen LogP contribution >= 0.6 is 28.3 Å². The van der Waals surface area contributed by atoms with Gasteiger partial charge in [0.05, 0.1) is 16.4 Å². The largest absolute Gasteiger partial charge is 0.328 e. The molecule has 1 aliphatic rings. The van der Waals surface area contributed by atoms with E-state index in [9.17, 15) is 0 Å². The molecular weight excluding hydrogens is 316 g/mol. The van der Waals surface area contributed by atoms with Gasteiger partial charge in [0.15, 0.2) is 0 Å². The van der Waals surface area contributed by atoms with E-state index in [1.807, 2.05) is 17.9 Å². The molecular formula is C12H22BrClN4. The average Bonchev–Trinajstić information content (AvgIpc) is 2.61. The van der Waals surface area contributed by atoms with E-state index in [0.29, 0.717) is 12.0 Å². The standard InChI is InChI=1S/C12H21BrN4.ClH/c1-9(14)10-3-5-17(6-4-10)8-12-11(13)7-15-16(12)2;/h7,9-10H,3-6,8,14H2,1-2H3;1H. The van der Waals surface area contributed by atoms with Gasteiger partial charge in [0.2, 0.25) is 0 Å². The van der Waals surface area contributed by atoms with E-state index in [2.05, 4.69) is 32.9 Å². The minimum Gasteiger partial charge on any atom is -0.328 e. The van der Waals surface area contributed by atoms with Crippen LogP contribution in [0.1, 0.15) is 25.5 Å². The number of hydrogen-bond acceptors (Lipinski definition) is 3. The first-order chi connectivity index (χ1) is 8.08. The van der Waals surface area contributed by atoms with Crippen LogP contribution in [0.25, 0.3) is 0 Å². The van der Waals surface area contributed by atoms with Crippen LogP contribution in [0.4, 0.5) is 0 Å². The Morgan fingerprint density at radius 2 is 2.11 bits per heavy atom. The van der Waals surface area contributed by atoms with E-state index in [1.54, 1.807) is 0 Å². The fraction of sp³-hybridized carbons (Fsp3) is 0.750. The lowest BCUT2D eigenvalue weighted by molar-refractivity contribution is 0.162. The van der Waals surface area contributed by atoms with Crippen molar-refractivity contribution in [1.29, 1.82) is 0 Å². The second-order valence-corrected chi connectivity index (χ2v) is 5.89. The summed E-state index contributed by atoms with van der Waals surface area (Å²) in [6.07, 6.45) is 4.30. The summed E-state index contributed by atoms with van der Waals surface area (Å²) < 4.78 is 3.05. The highest BCUT2D eigenvalue weighted by molar-refractivity contribution is 9.10. The Morgan fingerprint density at radius 1 is 1.50 bits per heavy atom. The Morgan fingerprint density at radius 3 is 2.56 bits per heavy atom. The number of nitrogens with two attached hydrogens (primary N) is 1. The molecule has 0 amide bonds. The van der Waals surface area contributed by atoms with Crippen molar-refractivity contribution in [2.75, 3.05) is 13.1 Å². The van der Waals surface area contributed by atoms with Crippen LogP contribution in [-0.2, 0) is 13.6 Å². The monoisotopic (exact) mass is 336 g/mol. The van der Waals surface area contributed by atoms with Crippen molar-refractivity contribution in [2.45, 2.75) is 32.4 Å². The maximum absolute atomic E-state index is 5.96. The molecule has 1 aromatic rings. The normalized spacial score (nSPS) is 19.6. The Hall–Kier alpha value is -0.100. The number of piperidine rings is 1. The lowest BCUT2D eigenvalue weighted by Gasteiger charge is -2.33. The van der Waals surface area contributed by atoms with Gasteiger partial charge in [-0.3, -0.25) is 9.58 Å². The Balaban J connectivity index is 0.00000162. The zero-order valence-electron chi connectivity index (χ0n) is 11.0. The zero-order valence-corrected chi connectivity index (χ0v) is 13.4. The third-order valence-corrected chi connectivity index (χ3v) is 4.42. The summed E-state index contributed by atoms with van der Waals surface area (Å²) in [7, 11) is 1.99. The van der Waals surface area contributed by atoms with Crippen molar-refractivity contribution in [2.24, 2.45) is 18.7 Å². The van der Waals surface area contributed by atoms with E-state index < -0.39 is 0 Å². The fourth-order valence-electron chi connectivity index (χ4n) is 2.46. The molecule has 0 spiro atoms. The van der Waals surface area contributed by atoms with Crippen LogP contribution in [0.3, 0.4) is 0 Å². The van der Waals surface area contributed by atoms with E-state index in [4.69, 9.17) is 5.73 Å². The lowest BCUT2D eigenvalue weighted by Crippen LogP contribution is -2.39. The second-order valence-electron chi connectivity index (χ2n) is 5.04. The van der Waals surface area contributed by atoms with Crippen molar-refractivity contribution >= 4 is 28.3 Å². The van der Waals surface area contributed by atoms with Gasteiger partial charge in [-0.2, -0.15) is 5.10 Å². The zero-order chi connectivity index (χ0) is 12.4. The second kappa shape index (κ2) is 6.89. The van der Waals surface area contributed by atoms with Gasteiger partial charge in [0.1, 0.15) is 0 Å². The van der Waals surface area contributed by atoms with Crippen LogP contribution in [0, 0.1) is 5.92 Å². The first-order valence-corrected chi connectivity index (χ1v) is 7.01. The summed E-state index contributed by atoms with van der Waals surface area (Å²) in [5.74, 6) is 0.696. The predicted octanol–water partition coefficient (Wildman–Crippen LogP) is 2.16. The van der Waals surface area contributed by atoms with E-state index in [0.717, 1.165) is 24.1 Å². The molecule has 18 heavy (non-hydrogen) atoms. The summed E-state index contributed by atoms with van der Waals surface area (Å²) >= 11 is 3.55. The Kier molecular flexibility index (Phi) is 6.11. The summed E-state index contributed by atoms with van der Waals surface area (Å²) in [6.45, 7) is 5.38. The maximum Gasteiger partial charge on any atom is 0.0663 e. The molecule has 1 aliphatic heterocycles. The topological polar surface area (TPSA) is 47.1 Å². The van der Waals surface area contributed by atoms with Crippen molar-refractivity contribution in [3.05, 3.63) is 16.4 Å². The van der Waals surface area contributed by atoms with Gasteiger partial charge in [-0.05, 0) is 54.7 Å². The van der Waals surface area contributed by atoms with Crippen molar-refractivity contribution in [1.82, 2.24) is 14.7 Å². The van der Waals surface area contributed by atoms with Gasteiger partial charge >= 0.3 is 0 Å². The SMILES string of the molecule is CC(N)C1CCN(Cc2c(Br)cnn2C)CC1.Cl. The molecule has 6 heteroatoms. The van der Waals surface area contributed by atoms with Crippen LogP contribution in [0.5, 0.6) is 0 Å². The smallest absolute Gasteiger partial charge is 0.0663 e. The molecule has 0 radical (unpaired) electrons. The van der Waals surface area contributed by atoms with E-state index in [1.165, 1.54) is 18.5 Å². The summed E-state index contributed by atoms with van der Waals surface area (Å²) in [6, 6.07) is 0.334. The van der Waals surface area contributed by atoms with Gasteiger partial charge in [0, 0.05) is 19.6 Å². The van der Waals surface area contributed by atoms with Gasteiger partial charge in [-0.25, -0.2) is 0 Å². The number of likely N-dealkylation sites (tertiary alicyclic amines) is 1. The van der Waals surface area contributed by atoms with Crippen LogP contribution < -0.4 is 5.73 Å². The molecule has 2 rings (SSSR count). The lowest BCUT2D eigenvalue weighted by atomic mass is 9.91. The fourth-order valence-corrected chi connectivity index (χ4v) is 2.94. The molecule has 0 saturated carbocycles. The van der Waals surface area contributed by atoms with E-state index in [-0.39, 0.29) is 12.4 Å². The highest BCUT2D eigenvalue weighted by Crippen LogP contribution is 2.23. The highest BCUT2D eigenvalue weighted by atomic mass is 79.9. The molecule has 1 saturated heterocycles. The van der Waals surface area contributed by atoms with Crippen LogP contribution in [0.15, 0.2) is 10.7 Å². The first kappa shape index (κ1) is 16.0. The molecule has 104 valence electrons. The van der Waals surface area contributed by atoms with Crippen LogP contribution in [-0.4, -0.2) is 33.8 Å². The van der Waals surface area contributed by atoms with Gasteiger partial charge in [-0.1, -0.05) is 0 Å². The molecule has 1 fully saturated rings. The van der Waals surface area contributed by atoms with Crippen LogP contribution in [0.2, 0.25) is 0 Å². The van der Waals surface area contributed by atoms with Crippen molar-refractivity contribution < 1.29 is 0 Å². The summed E-state index contributed by atoms with van der Waals surface area (Å²) in [5.41, 5.74) is 7.21. The molecule has 0 aromatic carbocycles. The first-order valence-electron chi connectivity index (χ1n) is 6.22. The molecule has 0 aliphatic carbocycles. The minimum atomic E-state index is 0. The third kappa shape index (κ3) is 3.70. The average molecular weight is 338 g/mol. The minimum absolute atomic E-state index is 0. The van der Waals surface area contributed by atoms with Gasteiger partial charge in [0.25, 0.3) is 0 Å². The molecule has 2 heterocycles. The number of halogens is 2. The number of hydrogen-bond donors (Lipinski definition) is 1. The number of nitrogens with zero attached hydrogens (tertiary/aromatic N) is 3. The Labute approximate surface area is 123 Å². The summed E-state index contributed by atoms with van der Waals surface area (Å²) in [4.78, 5) is 2.49. The Bertz CT molecular complexity index is 353. The van der Waals surface area contributed by atoms with Gasteiger partial charge in [-0.15, -0.1) is 12.4 Å². The molecule has 1 unspecified atom stereocenters. The number of rotatable bonds is 3. The summed E-state index contributed by atoms with van der Waals surface area (Å²) in [5, 5.41) is 4.25.